The average Bonchev–Trinajstić information content (AvgIpc) is 3.45. The first-order valence-electron chi connectivity index (χ1n) is 12.4. The first kappa shape index (κ1) is 31.4. The summed E-state index contributed by atoms with van der Waals surface area (Å²) in [4.78, 5) is 0. The summed E-state index contributed by atoms with van der Waals surface area (Å²) in [6.07, 6.45) is 0. The Labute approximate surface area is 245 Å². The minimum Gasteiger partial charge on any atom is -0.358 e. The van der Waals surface area contributed by atoms with Gasteiger partial charge in [0.25, 0.3) is 0 Å². The maximum atomic E-state index is 2.31. The fourth-order valence-electron chi connectivity index (χ4n) is 4.51. The molecule has 0 heterocycles. The topological polar surface area (TPSA) is 0 Å². The van der Waals surface area contributed by atoms with E-state index in [1.165, 1.54) is 54.9 Å². The van der Waals surface area contributed by atoms with E-state index in [-0.39, 0.29) is 20.3 Å². The van der Waals surface area contributed by atoms with Gasteiger partial charge in [-0.1, -0.05) is 97.8 Å². The maximum absolute atomic E-state index is 2.31. The van der Waals surface area contributed by atoms with Crippen molar-refractivity contribution in [2.24, 2.45) is 0 Å². The first-order chi connectivity index (χ1) is 17.4. The second-order valence-electron chi connectivity index (χ2n) is 9.41. The van der Waals surface area contributed by atoms with Crippen LogP contribution in [-0.4, -0.2) is 5.43 Å². The SMILES string of the molecule is C[Si](C)=[Zr].Cc1cc2c(-c3ccccc3)cccc2[cH-]1.Cc1cc2c(-c3ccccc3)cccc2[cH-]1.[CH3-].[CH3-]. The molecule has 0 nitrogen and oxygen atoms in total. The summed E-state index contributed by atoms with van der Waals surface area (Å²) in [5.74, 6) is 0. The minimum absolute atomic E-state index is 0. The van der Waals surface area contributed by atoms with Crippen molar-refractivity contribution in [3.63, 3.8) is 0 Å². The predicted molar refractivity (Wildman–Crippen MR) is 170 cm³/mol. The fraction of sp³-hybridized carbons (Fsp3) is 0.111. The van der Waals surface area contributed by atoms with Crippen LogP contribution in [0.2, 0.25) is 13.1 Å². The van der Waals surface area contributed by atoms with E-state index in [4.69, 9.17) is 0 Å². The summed E-state index contributed by atoms with van der Waals surface area (Å²) in [5.41, 5.74) is 8.11. The van der Waals surface area contributed by atoms with Crippen molar-refractivity contribution < 1.29 is 23.3 Å². The Bertz CT molecular complexity index is 1450. The van der Waals surface area contributed by atoms with Crippen LogP contribution in [0.4, 0.5) is 0 Å². The Morgan fingerprint density at radius 2 is 0.868 bits per heavy atom. The van der Waals surface area contributed by atoms with Gasteiger partial charge < -0.3 is 14.9 Å². The standard InChI is InChI=1S/2C16H13.C2H6Si.2CH3.Zr/c2*1-12-10-14-8-5-9-15(16(14)11-12)13-6-3-2-4-7-13;1-3-2;;;/h2*2-11H,1H3;1-2H3;2*1H3;/q2*-1;;2*-1;. The van der Waals surface area contributed by atoms with E-state index in [9.17, 15) is 0 Å². The normalized spacial score (nSPS) is 9.76. The minimum atomic E-state index is 0. The molecule has 0 aliphatic carbocycles. The number of fused-ring (bicyclic) bond motifs is 2. The molecule has 194 valence electrons. The van der Waals surface area contributed by atoms with Crippen molar-refractivity contribution in [2.75, 3.05) is 0 Å². The van der Waals surface area contributed by atoms with E-state index in [2.05, 4.69) is 148 Å². The molecule has 0 N–H and O–H groups in total. The molecule has 0 spiro atoms. The van der Waals surface area contributed by atoms with E-state index in [0.717, 1.165) is 0 Å². The van der Waals surface area contributed by atoms with Crippen LogP contribution in [0.1, 0.15) is 11.1 Å². The number of benzene rings is 4. The Morgan fingerprint density at radius 3 is 1.21 bits per heavy atom. The van der Waals surface area contributed by atoms with Crippen molar-refractivity contribution in [2.45, 2.75) is 26.9 Å². The molecule has 6 rings (SSSR count). The molecule has 38 heavy (non-hydrogen) atoms. The molecule has 0 saturated carbocycles. The smallest absolute Gasteiger partial charge is 0.0279 e. The van der Waals surface area contributed by atoms with Gasteiger partial charge in [-0.3, -0.25) is 0 Å². The molecule has 0 bridgehead atoms. The Balaban J connectivity index is 0.000000224. The van der Waals surface area contributed by atoms with Gasteiger partial charge in [-0.05, 0) is 11.1 Å². The predicted octanol–water partition coefficient (Wildman–Crippen LogP) is 10.8. The zero-order valence-electron chi connectivity index (χ0n) is 23.5. The summed E-state index contributed by atoms with van der Waals surface area (Å²) in [7, 11) is 0. The van der Waals surface area contributed by atoms with Crippen LogP contribution in [0, 0.1) is 28.7 Å². The molecule has 0 radical (unpaired) electrons. The summed E-state index contributed by atoms with van der Waals surface area (Å²) >= 11 is 1.74. The van der Waals surface area contributed by atoms with E-state index < -0.39 is 0 Å². The molecule has 0 amide bonds. The first-order valence-corrected chi connectivity index (χ1v) is 18.6. The van der Waals surface area contributed by atoms with Gasteiger partial charge in [-0.15, -0.1) is 69.1 Å². The zero-order valence-corrected chi connectivity index (χ0v) is 27.0. The average molecular weight is 590 g/mol. The molecular weight excluding hydrogens is 552 g/mol. The molecule has 0 unspecified atom stereocenters. The molecule has 6 aromatic carbocycles. The molecular formula is C36H38SiZr-4. The molecule has 2 heteroatoms. The molecule has 0 fully saturated rings. The van der Waals surface area contributed by atoms with E-state index in [1.807, 2.05) is 0 Å². The summed E-state index contributed by atoms with van der Waals surface area (Å²) in [6.45, 7) is 8.91. The molecule has 6 aromatic rings. The molecule has 0 atom stereocenters. The maximum Gasteiger partial charge on any atom is -0.0279 e. The van der Waals surface area contributed by atoms with Gasteiger partial charge >= 0.3 is 41.9 Å². The summed E-state index contributed by atoms with van der Waals surface area (Å²) in [6, 6.07) is 43.1. The van der Waals surface area contributed by atoms with Crippen LogP contribution in [0.15, 0.2) is 121 Å². The van der Waals surface area contributed by atoms with Gasteiger partial charge in [-0.25, -0.2) is 0 Å². The molecule has 0 aliphatic heterocycles. The van der Waals surface area contributed by atoms with Crippen LogP contribution in [0.3, 0.4) is 0 Å². The quantitative estimate of drug-likeness (QED) is 0.139. The van der Waals surface area contributed by atoms with Crippen LogP contribution >= 0.6 is 0 Å². The third-order valence-corrected chi connectivity index (χ3v) is 5.96. The van der Waals surface area contributed by atoms with E-state index >= 15 is 0 Å². The van der Waals surface area contributed by atoms with Crippen molar-refractivity contribution >= 4 is 27.0 Å². The van der Waals surface area contributed by atoms with Gasteiger partial charge in [0.1, 0.15) is 0 Å². The zero-order chi connectivity index (χ0) is 25.5. The van der Waals surface area contributed by atoms with Crippen LogP contribution < -0.4 is 0 Å². The van der Waals surface area contributed by atoms with E-state index in [0.29, 0.717) is 0 Å². The number of hydrogen-bond acceptors (Lipinski definition) is 0. The molecule has 0 aliphatic rings. The summed E-state index contributed by atoms with van der Waals surface area (Å²) < 4.78 is 0. The van der Waals surface area contributed by atoms with Crippen LogP contribution in [0.25, 0.3) is 43.8 Å². The second-order valence-corrected chi connectivity index (χ2v) is 18.8. The number of rotatable bonds is 2. The molecule has 0 saturated heterocycles. The monoisotopic (exact) mass is 588 g/mol. The van der Waals surface area contributed by atoms with Crippen molar-refractivity contribution in [3.8, 4) is 22.3 Å². The van der Waals surface area contributed by atoms with Gasteiger partial charge in [0.15, 0.2) is 0 Å². The van der Waals surface area contributed by atoms with Crippen LogP contribution in [-0.2, 0) is 23.3 Å². The Morgan fingerprint density at radius 1 is 0.526 bits per heavy atom. The fourth-order valence-corrected chi connectivity index (χ4v) is 4.51. The van der Waals surface area contributed by atoms with Crippen molar-refractivity contribution in [3.05, 3.63) is 147 Å². The molecule has 0 aromatic heterocycles. The van der Waals surface area contributed by atoms with Gasteiger partial charge in [0.2, 0.25) is 0 Å². The van der Waals surface area contributed by atoms with Gasteiger partial charge in [0, 0.05) is 0 Å². The summed E-state index contributed by atoms with van der Waals surface area (Å²) in [5, 5.41) is 5.37. The van der Waals surface area contributed by atoms with Gasteiger partial charge in [0.05, 0.1) is 0 Å². The number of hydrogen-bond donors (Lipinski definition) is 0. The second kappa shape index (κ2) is 15.0. The number of aryl methyl sites for hydroxylation is 2. The Kier molecular flexibility index (Phi) is 12.4. The van der Waals surface area contributed by atoms with Crippen molar-refractivity contribution in [1.82, 2.24) is 0 Å². The Hall–Kier alpha value is -2.80. The largest absolute Gasteiger partial charge is 0.358 e. The third-order valence-electron chi connectivity index (χ3n) is 5.96. The van der Waals surface area contributed by atoms with Crippen molar-refractivity contribution in [1.29, 1.82) is 0 Å². The van der Waals surface area contributed by atoms with Crippen LogP contribution in [0.5, 0.6) is 0 Å². The van der Waals surface area contributed by atoms with Gasteiger partial charge in [-0.2, -0.15) is 12.1 Å². The van der Waals surface area contributed by atoms with E-state index in [1.54, 1.807) is 23.3 Å². The third kappa shape index (κ3) is 8.10.